The molecule has 0 radical (unpaired) electrons. The summed E-state index contributed by atoms with van der Waals surface area (Å²) in [5.41, 5.74) is 3.23. The van der Waals surface area contributed by atoms with Crippen molar-refractivity contribution in [3.63, 3.8) is 0 Å². The fraction of sp³-hybridized carbons (Fsp3) is 0.316. The Kier molecular flexibility index (Phi) is 5.68. The average Bonchev–Trinajstić information content (AvgIpc) is 3.20. The summed E-state index contributed by atoms with van der Waals surface area (Å²) in [7, 11) is 0. The number of pyridine rings is 1. The Balaban J connectivity index is 1.84. The zero-order valence-electron chi connectivity index (χ0n) is 14.5. The Bertz CT molecular complexity index is 819. The summed E-state index contributed by atoms with van der Waals surface area (Å²) in [6, 6.07) is 12.0. The van der Waals surface area contributed by atoms with Crippen molar-refractivity contribution in [3.8, 4) is 11.1 Å². The van der Waals surface area contributed by atoms with Gasteiger partial charge in [-0.05, 0) is 41.7 Å². The molecule has 0 aliphatic heterocycles. The van der Waals surface area contributed by atoms with Gasteiger partial charge in [0, 0.05) is 18.3 Å². The van der Waals surface area contributed by atoms with Gasteiger partial charge in [0.05, 0.1) is 5.92 Å². The van der Waals surface area contributed by atoms with Crippen LogP contribution in [0.2, 0.25) is 0 Å². The number of aromatic nitrogens is 5. The minimum Gasteiger partial charge on any atom is -0.481 e. The van der Waals surface area contributed by atoms with Gasteiger partial charge in [-0.1, -0.05) is 42.8 Å². The molecule has 0 spiro atoms. The van der Waals surface area contributed by atoms with Gasteiger partial charge in [0.15, 0.2) is 5.82 Å². The van der Waals surface area contributed by atoms with Crippen LogP contribution in [-0.2, 0) is 11.2 Å². The molecule has 7 nitrogen and oxygen atoms in total. The van der Waals surface area contributed by atoms with Crippen LogP contribution in [0, 0.1) is 5.92 Å². The number of carboxylic acid groups (broad SMARTS) is 1. The zero-order chi connectivity index (χ0) is 18.4. The zero-order valence-corrected chi connectivity index (χ0v) is 14.5. The lowest BCUT2D eigenvalue weighted by Crippen LogP contribution is -2.25. The number of aliphatic carboxylic acids is 1. The smallest absolute Gasteiger partial charge is 0.307 e. The van der Waals surface area contributed by atoms with Gasteiger partial charge in [0.1, 0.15) is 0 Å². The molecule has 2 atom stereocenters. The van der Waals surface area contributed by atoms with E-state index in [0.29, 0.717) is 18.7 Å². The molecule has 0 aliphatic carbocycles. The molecule has 0 saturated carbocycles. The number of carboxylic acids is 1. The summed E-state index contributed by atoms with van der Waals surface area (Å²) in [6.45, 7) is 1.98. The van der Waals surface area contributed by atoms with Crippen molar-refractivity contribution in [3.05, 3.63) is 60.2 Å². The first-order valence-corrected chi connectivity index (χ1v) is 8.64. The molecule has 1 aromatic carbocycles. The molecule has 2 aromatic heterocycles. The van der Waals surface area contributed by atoms with Crippen molar-refractivity contribution in [2.24, 2.45) is 5.92 Å². The van der Waals surface area contributed by atoms with Crippen LogP contribution < -0.4 is 0 Å². The molecule has 0 bridgehead atoms. The second-order valence-electron chi connectivity index (χ2n) is 6.25. The summed E-state index contributed by atoms with van der Waals surface area (Å²) in [4.78, 5) is 15.8. The normalized spacial score (nSPS) is 13.3. The molecule has 3 aromatic rings. The van der Waals surface area contributed by atoms with Crippen LogP contribution in [0.3, 0.4) is 0 Å². The Morgan fingerprint density at radius 3 is 2.38 bits per heavy atom. The number of benzene rings is 1. The molecule has 2 N–H and O–H groups in total. The highest BCUT2D eigenvalue weighted by molar-refractivity contribution is 5.71. The van der Waals surface area contributed by atoms with E-state index in [2.05, 4.69) is 25.6 Å². The number of tetrazole rings is 1. The van der Waals surface area contributed by atoms with E-state index in [1.807, 2.05) is 43.3 Å². The molecular weight excluding hydrogens is 330 g/mol. The van der Waals surface area contributed by atoms with E-state index >= 15 is 0 Å². The van der Waals surface area contributed by atoms with E-state index in [9.17, 15) is 9.90 Å². The van der Waals surface area contributed by atoms with Crippen LogP contribution in [0.1, 0.15) is 37.1 Å². The number of H-pyrrole nitrogens is 1. The predicted molar refractivity (Wildman–Crippen MR) is 96.3 cm³/mol. The largest absolute Gasteiger partial charge is 0.481 e. The van der Waals surface area contributed by atoms with Crippen LogP contribution in [0.15, 0.2) is 48.8 Å². The number of rotatable bonds is 8. The van der Waals surface area contributed by atoms with Gasteiger partial charge in [0.2, 0.25) is 0 Å². The number of nitrogens with one attached hydrogen (secondary N) is 1. The van der Waals surface area contributed by atoms with Crippen molar-refractivity contribution in [2.45, 2.75) is 32.1 Å². The van der Waals surface area contributed by atoms with E-state index < -0.39 is 11.9 Å². The van der Waals surface area contributed by atoms with E-state index in [4.69, 9.17) is 0 Å². The Morgan fingerprint density at radius 2 is 1.81 bits per heavy atom. The minimum absolute atomic E-state index is 0.321. The first kappa shape index (κ1) is 17.7. The molecule has 7 heteroatoms. The number of carbonyl (C=O) groups is 1. The maximum Gasteiger partial charge on any atom is 0.307 e. The highest BCUT2D eigenvalue weighted by Crippen LogP contribution is 2.30. The number of nitrogens with zero attached hydrogens (tertiary/aromatic N) is 4. The second-order valence-corrected chi connectivity index (χ2v) is 6.25. The van der Waals surface area contributed by atoms with Crippen LogP contribution in [0.4, 0.5) is 0 Å². The minimum atomic E-state index is -0.824. The fourth-order valence-corrected chi connectivity index (χ4v) is 3.18. The van der Waals surface area contributed by atoms with Gasteiger partial charge in [-0.15, -0.1) is 10.2 Å². The summed E-state index contributed by atoms with van der Waals surface area (Å²) in [6.07, 6.45) is 5.43. The van der Waals surface area contributed by atoms with Crippen molar-refractivity contribution in [2.75, 3.05) is 0 Å². The van der Waals surface area contributed by atoms with Crippen LogP contribution in [-0.4, -0.2) is 36.7 Å². The molecule has 0 fully saturated rings. The maximum absolute atomic E-state index is 11.8. The van der Waals surface area contributed by atoms with Gasteiger partial charge in [-0.25, -0.2) is 0 Å². The first-order chi connectivity index (χ1) is 12.7. The Labute approximate surface area is 151 Å². The van der Waals surface area contributed by atoms with Gasteiger partial charge in [-0.3, -0.25) is 9.78 Å². The highest BCUT2D eigenvalue weighted by atomic mass is 16.4. The standard InChI is InChI=1S/C19H21N5O2/c1-2-3-16(19(25)26)17(18-21-23-24-22-18)12-13-4-6-14(7-5-13)15-8-10-20-11-9-15/h4-11,16-17H,2-3,12H2,1H3,(H,25,26)(H,21,22,23,24). The van der Waals surface area contributed by atoms with E-state index in [1.54, 1.807) is 12.4 Å². The molecule has 0 aliphatic rings. The monoisotopic (exact) mass is 351 g/mol. The Morgan fingerprint density at radius 1 is 1.12 bits per heavy atom. The molecule has 26 heavy (non-hydrogen) atoms. The third-order valence-corrected chi connectivity index (χ3v) is 4.52. The quantitative estimate of drug-likeness (QED) is 0.646. The van der Waals surface area contributed by atoms with E-state index in [1.165, 1.54) is 0 Å². The fourth-order valence-electron chi connectivity index (χ4n) is 3.18. The second kappa shape index (κ2) is 8.33. The number of hydrogen-bond donors (Lipinski definition) is 2. The summed E-state index contributed by atoms with van der Waals surface area (Å²) in [5, 5.41) is 23.8. The van der Waals surface area contributed by atoms with Crippen molar-refractivity contribution < 1.29 is 9.90 Å². The predicted octanol–water partition coefficient (Wildman–Crippen LogP) is 3.09. The third-order valence-electron chi connectivity index (χ3n) is 4.52. The SMILES string of the molecule is CCCC(C(=O)O)C(Cc1ccc(-c2ccncc2)cc1)c1nn[nH]n1. The van der Waals surface area contributed by atoms with E-state index in [0.717, 1.165) is 23.1 Å². The molecule has 134 valence electrons. The molecule has 3 rings (SSSR count). The van der Waals surface area contributed by atoms with Crippen LogP contribution in [0.25, 0.3) is 11.1 Å². The number of hydrogen-bond acceptors (Lipinski definition) is 5. The van der Waals surface area contributed by atoms with Crippen LogP contribution >= 0.6 is 0 Å². The van der Waals surface area contributed by atoms with Gasteiger partial charge in [0.25, 0.3) is 0 Å². The van der Waals surface area contributed by atoms with Crippen LogP contribution in [0.5, 0.6) is 0 Å². The Hall–Kier alpha value is -3.09. The van der Waals surface area contributed by atoms with Crippen molar-refractivity contribution in [1.29, 1.82) is 0 Å². The van der Waals surface area contributed by atoms with Crippen molar-refractivity contribution >= 4 is 5.97 Å². The maximum atomic E-state index is 11.8. The van der Waals surface area contributed by atoms with Gasteiger partial charge >= 0.3 is 5.97 Å². The molecule has 0 saturated heterocycles. The number of aromatic amines is 1. The van der Waals surface area contributed by atoms with Gasteiger partial charge < -0.3 is 5.11 Å². The topological polar surface area (TPSA) is 105 Å². The molecule has 0 amide bonds. The van der Waals surface area contributed by atoms with Crippen molar-refractivity contribution in [1.82, 2.24) is 25.6 Å². The average molecular weight is 351 g/mol. The molecular formula is C19H21N5O2. The molecule has 2 unspecified atom stereocenters. The lowest BCUT2D eigenvalue weighted by molar-refractivity contribution is -0.142. The highest BCUT2D eigenvalue weighted by Gasteiger charge is 2.31. The summed E-state index contributed by atoms with van der Waals surface area (Å²) in [5.74, 6) is -1.24. The van der Waals surface area contributed by atoms with Gasteiger partial charge in [-0.2, -0.15) is 5.21 Å². The third kappa shape index (κ3) is 4.11. The lowest BCUT2D eigenvalue weighted by Gasteiger charge is -2.21. The summed E-state index contributed by atoms with van der Waals surface area (Å²) >= 11 is 0. The first-order valence-electron chi connectivity index (χ1n) is 8.64. The molecule has 2 heterocycles. The lowest BCUT2D eigenvalue weighted by atomic mass is 9.83. The van der Waals surface area contributed by atoms with E-state index in [-0.39, 0.29) is 5.92 Å². The summed E-state index contributed by atoms with van der Waals surface area (Å²) < 4.78 is 0.